The van der Waals surface area contributed by atoms with Gasteiger partial charge in [-0.15, -0.1) is 0 Å². The molecule has 5 aromatic rings. The van der Waals surface area contributed by atoms with Crippen LogP contribution in [0.25, 0.3) is 43.1 Å². The summed E-state index contributed by atoms with van der Waals surface area (Å²) in [7, 11) is 0. The van der Waals surface area contributed by atoms with Crippen LogP contribution in [-0.4, -0.2) is 0 Å². The Morgan fingerprint density at radius 3 is 1.61 bits per heavy atom. The minimum atomic E-state index is 0.128. The largest absolute Gasteiger partial charge is 0.0613 e. The van der Waals surface area contributed by atoms with Crippen molar-refractivity contribution in [3.8, 4) is 0 Å². The van der Waals surface area contributed by atoms with Crippen LogP contribution in [0, 0.1) is 13.8 Å². The summed E-state index contributed by atoms with van der Waals surface area (Å²) in [5.41, 5.74) is 5.70. The molecule has 0 aromatic heterocycles. The highest BCUT2D eigenvalue weighted by molar-refractivity contribution is 6.33. The topological polar surface area (TPSA) is 0 Å². The Morgan fingerprint density at radius 2 is 1.07 bits per heavy atom. The number of aryl methyl sites for hydroxylation is 3. The fourth-order valence-electron chi connectivity index (χ4n) is 4.82. The quantitative estimate of drug-likeness (QED) is 0.208. The summed E-state index contributed by atoms with van der Waals surface area (Å²) in [6, 6.07) is 19.0. The maximum Gasteiger partial charge on any atom is -0.00235 e. The molecular formula is C28H28. The molecule has 28 heavy (non-hydrogen) atoms. The van der Waals surface area contributed by atoms with Gasteiger partial charge in [0, 0.05) is 0 Å². The van der Waals surface area contributed by atoms with Gasteiger partial charge in [0.1, 0.15) is 0 Å². The summed E-state index contributed by atoms with van der Waals surface area (Å²) >= 11 is 0. The first-order valence-electron chi connectivity index (χ1n) is 10.4. The van der Waals surface area contributed by atoms with Crippen molar-refractivity contribution in [1.82, 2.24) is 0 Å². The van der Waals surface area contributed by atoms with E-state index in [1.54, 1.807) is 0 Å². The minimum absolute atomic E-state index is 0.128. The van der Waals surface area contributed by atoms with Gasteiger partial charge in [0.2, 0.25) is 0 Å². The van der Waals surface area contributed by atoms with Crippen LogP contribution >= 0.6 is 0 Å². The van der Waals surface area contributed by atoms with Gasteiger partial charge >= 0.3 is 0 Å². The lowest BCUT2D eigenvalue weighted by atomic mass is 9.81. The van der Waals surface area contributed by atoms with Crippen LogP contribution in [0.2, 0.25) is 0 Å². The molecule has 0 N–H and O–H groups in total. The predicted molar refractivity (Wildman–Crippen MR) is 125 cm³/mol. The molecule has 0 amide bonds. The van der Waals surface area contributed by atoms with Gasteiger partial charge in [-0.1, -0.05) is 70.2 Å². The highest BCUT2D eigenvalue weighted by atomic mass is 14.2. The van der Waals surface area contributed by atoms with Crippen LogP contribution in [0.1, 0.15) is 49.9 Å². The Balaban J connectivity index is 2.15. The molecule has 5 rings (SSSR count). The molecule has 0 saturated carbocycles. The zero-order valence-electron chi connectivity index (χ0n) is 17.8. The third-order valence-corrected chi connectivity index (χ3v) is 6.58. The van der Waals surface area contributed by atoms with Crippen molar-refractivity contribution in [2.24, 2.45) is 0 Å². The second kappa shape index (κ2) is 5.70. The molecule has 0 heterocycles. The molecule has 140 valence electrons. The van der Waals surface area contributed by atoms with Crippen LogP contribution in [0.5, 0.6) is 0 Å². The zero-order valence-corrected chi connectivity index (χ0v) is 17.8. The molecule has 0 spiro atoms. The standard InChI is InChI=1S/C28H28/c1-7-18-12-22-16(2)8-11-21-25-15-19(28(4,5)6)14-23-17(3)9-10-20(27(23)25)24(13-18)26(21)22/h8-15H,7H2,1-6H3. The van der Waals surface area contributed by atoms with E-state index in [0.29, 0.717) is 0 Å². The van der Waals surface area contributed by atoms with Crippen molar-refractivity contribution in [1.29, 1.82) is 0 Å². The minimum Gasteiger partial charge on any atom is -0.0613 e. The van der Waals surface area contributed by atoms with Crippen LogP contribution in [0.3, 0.4) is 0 Å². The normalized spacial score (nSPS) is 12.8. The number of hydrogen-bond donors (Lipinski definition) is 0. The molecular weight excluding hydrogens is 336 g/mol. The summed E-state index contributed by atoms with van der Waals surface area (Å²) in [6.07, 6.45) is 1.07. The lowest BCUT2D eigenvalue weighted by Gasteiger charge is -2.23. The summed E-state index contributed by atoms with van der Waals surface area (Å²) in [5, 5.41) is 11.3. The highest BCUT2D eigenvalue weighted by Crippen LogP contribution is 2.44. The van der Waals surface area contributed by atoms with Gasteiger partial charge in [-0.3, -0.25) is 0 Å². The van der Waals surface area contributed by atoms with E-state index in [2.05, 4.69) is 90.1 Å². The van der Waals surface area contributed by atoms with E-state index < -0.39 is 0 Å². The van der Waals surface area contributed by atoms with Crippen LogP contribution in [0.4, 0.5) is 0 Å². The number of rotatable bonds is 1. The Labute approximate surface area is 167 Å². The van der Waals surface area contributed by atoms with E-state index in [1.807, 2.05) is 0 Å². The second-order valence-corrected chi connectivity index (χ2v) is 9.48. The molecule has 0 unspecified atom stereocenters. The Bertz CT molecular complexity index is 1380. The first-order valence-corrected chi connectivity index (χ1v) is 10.4. The van der Waals surface area contributed by atoms with Gasteiger partial charge in [-0.05, 0) is 97.1 Å². The predicted octanol–water partition coefficient (Wildman–Crippen LogP) is 8.21. The molecule has 0 aliphatic carbocycles. The van der Waals surface area contributed by atoms with Gasteiger partial charge in [0.05, 0.1) is 0 Å². The van der Waals surface area contributed by atoms with E-state index in [1.165, 1.54) is 65.3 Å². The fourth-order valence-corrected chi connectivity index (χ4v) is 4.82. The molecule has 0 heteroatoms. The van der Waals surface area contributed by atoms with Crippen molar-refractivity contribution in [3.05, 3.63) is 70.8 Å². The van der Waals surface area contributed by atoms with E-state index in [9.17, 15) is 0 Å². The maximum absolute atomic E-state index is 2.45. The van der Waals surface area contributed by atoms with Crippen molar-refractivity contribution in [3.63, 3.8) is 0 Å². The second-order valence-electron chi connectivity index (χ2n) is 9.48. The molecule has 0 aliphatic heterocycles. The first kappa shape index (κ1) is 17.5. The molecule has 5 aromatic carbocycles. The van der Waals surface area contributed by atoms with Gasteiger partial charge in [-0.25, -0.2) is 0 Å². The molecule has 0 fully saturated rings. The first-order chi connectivity index (χ1) is 13.3. The van der Waals surface area contributed by atoms with Crippen molar-refractivity contribution in [2.75, 3.05) is 0 Å². The Kier molecular flexibility index (Phi) is 3.56. The summed E-state index contributed by atoms with van der Waals surface area (Å²) in [4.78, 5) is 0. The molecule has 0 saturated heterocycles. The maximum atomic E-state index is 2.45. The lowest BCUT2D eigenvalue weighted by molar-refractivity contribution is 0.592. The summed E-state index contributed by atoms with van der Waals surface area (Å²) in [5.74, 6) is 0. The average molecular weight is 365 g/mol. The monoisotopic (exact) mass is 364 g/mol. The smallest absolute Gasteiger partial charge is 0.00235 e. The van der Waals surface area contributed by atoms with Gasteiger partial charge < -0.3 is 0 Å². The van der Waals surface area contributed by atoms with E-state index in [-0.39, 0.29) is 5.41 Å². The van der Waals surface area contributed by atoms with Crippen molar-refractivity contribution in [2.45, 2.75) is 53.4 Å². The third-order valence-electron chi connectivity index (χ3n) is 6.58. The van der Waals surface area contributed by atoms with Crippen LogP contribution < -0.4 is 0 Å². The summed E-state index contributed by atoms with van der Waals surface area (Å²) < 4.78 is 0. The fraction of sp³-hybridized carbons (Fsp3) is 0.286. The van der Waals surface area contributed by atoms with E-state index in [4.69, 9.17) is 0 Å². The Morgan fingerprint density at radius 1 is 0.607 bits per heavy atom. The average Bonchev–Trinajstić information content (AvgIpc) is 2.67. The number of fused-ring (bicyclic) bond motifs is 2. The van der Waals surface area contributed by atoms with Gasteiger partial charge in [0.25, 0.3) is 0 Å². The number of hydrogen-bond acceptors (Lipinski definition) is 0. The zero-order chi connectivity index (χ0) is 19.8. The van der Waals surface area contributed by atoms with E-state index in [0.717, 1.165) is 6.42 Å². The van der Waals surface area contributed by atoms with Crippen LogP contribution in [-0.2, 0) is 11.8 Å². The van der Waals surface area contributed by atoms with Crippen molar-refractivity contribution >= 4 is 43.1 Å². The lowest BCUT2D eigenvalue weighted by Crippen LogP contribution is -2.11. The van der Waals surface area contributed by atoms with E-state index >= 15 is 0 Å². The summed E-state index contributed by atoms with van der Waals surface area (Å²) in [6.45, 7) is 13.7. The molecule has 0 aliphatic rings. The molecule has 0 atom stereocenters. The molecule has 0 radical (unpaired) electrons. The number of benzene rings is 5. The third kappa shape index (κ3) is 2.30. The van der Waals surface area contributed by atoms with Gasteiger partial charge in [-0.2, -0.15) is 0 Å². The van der Waals surface area contributed by atoms with Crippen LogP contribution in [0.15, 0.2) is 48.5 Å². The SMILES string of the molecule is CCc1cc2c(C)ccc3c4cc(C(C)(C)C)cc5c(C)ccc(c(c1)c23)c54. The molecule has 0 nitrogen and oxygen atoms in total. The van der Waals surface area contributed by atoms with Crippen molar-refractivity contribution < 1.29 is 0 Å². The highest BCUT2D eigenvalue weighted by Gasteiger charge is 2.20. The Hall–Kier alpha value is -2.60. The molecule has 0 bridgehead atoms. The van der Waals surface area contributed by atoms with Gasteiger partial charge in [0.15, 0.2) is 0 Å².